The SMILES string of the molecule is CS(=O)(=O)NCc1ccc2nc(C=O)ccc2c1. The molecular formula is C12H12N2O3S. The normalized spacial score (nSPS) is 11.6. The van der Waals surface area contributed by atoms with Gasteiger partial charge in [0.1, 0.15) is 5.69 Å². The molecule has 0 unspecified atom stereocenters. The van der Waals surface area contributed by atoms with E-state index in [1.54, 1.807) is 24.3 Å². The second-order valence-corrected chi connectivity index (χ2v) is 5.81. The minimum Gasteiger partial charge on any atom is -0.296 e. The van der Waals surface area contributed by atoms with E-state index in [1.807, 2.05) is 6.07 Å². The maximum atomic E-state index is 11.0. The van der Waals surface area contributed by atoms with Crippen LogP contribution in [0.3, 0.4) is 0 Å². The van der Waals surface area contributed by atoms with E-state index < -0.39 is 10.0 Å². The lowest BCUT2D eigenvalue weighted by Crippen LogP contribution is -2.21. The van der Waals surface area contributed by atoms with E-state index in [-0.39, 0.29) is 6.54 Å². The summed E-state index contributed by atoms with van der Waals surface area (Å²) in [6.07, 6.45) is 1.81. The van der Waals surface area contributed by atoms with Crippen molar-refractivity contribution in [3.63, 3.8) is 0 Å². The number of rotatable bonds is 4. The van der Waals surface area contributed by atoms with Crippen molar-refractivity contribution in [1.82, 2.24) is 9.71 Å². The fraction of sp³-hybridized carbons (Fsp3) is 0.167. The van der Waals surface area contributed by atoms with Crippen molar-refractivity contribution in [2.75, 3.05) is 6.26 Å². The van der Waals surface area contributed by atoms with Crippen LogP contribution in [0.5, 0.6) is 0 Å². The van der Waals surface area contributed by atoms with Gasteiger partial charge in [-0.3, -0.25) is 4.79 Å². The third kappa shape index (κ3) is 3.12. The van der Waals surface area contributed by atoms with Crippen LogP contribution in [0, 0.1) is 0 Å². The van der Waals surface area contributed by atoms with Crippen LogP contribution in [0.2, 0.25) is 0 Å². The fourth-order valence-electron chi connectivity index (χ4n) is 1.58. The van der Waals surface area contributed by atoms with Gasteiger partial charge in [0.15, 0.2) is 6.29 Å². The molecule has 94 valence electrons. The summed E-state index contributed by atoms with van der Waals surface area (Å²) >= 11 is 0. The molecule has 0 aliphatic carbocycles. The average Bonchev–Trinajstić information content (AvgIpc) is 2.34. The van der Waals surface area contributed by atoms with Crippen molar-refractivity contribution in [3.8, 4) is 0 Å². The van der Waals surface area contributed by atoms with E-state index in [9.17, 15) is 13.2 Å². The van der Waals surface area contributed by atoms with Gasteiger partial charge in [-0.05, 0) is 23.8 Å². The zero-order valence-corrected chi connectivity index (χ0v) is 10.6. The molecule has 1 aromatic heterocycles. The molecule has 0 aliphatic rings. The Morgan fingerprint density at radius 3 is 2.72 bits per heavy atom. The maximum absolute atomic E-state index is 11.0. The number of aromatic nitrogens is 1. The van der Waals surface area contributed by atoms with Gasteiger partial charge in [-0.15, -0.1) is 0 Å². The predicted molar refractivity (Wildman–Crippen MR) is 68.8 cm³/mol. The van der Waals surface area contributed by atoms with Gasteiger partial charge in [0.25, 0.3) is 0 Å². The number of carbonyl (C=O) groups is 1. The van der Waals surface area contributed by atoms with Crippen LogP contribution in [-0.2, 0) is 16.6 Å². The molecule has 0 aliphatic heterocycles. The Kier molecular flexibility index (Phi) is 3.40. The molecule has 0 fully saturated rings. The molecule has 0 saturated carbocycles. The van der Waals surface area contributed by atoms with Gasteiger partial charge in [-0.25, -0.2) is 18.1 Å². The highest BCUT2D eigenvalue weighted by Gasteiger charge is 2.03. The van der Waals surface area contributed by atoms with Gasteiger partial charge < -0.3 is 0 Å². The molecule has 2 aromatic rings. The first-order valence-corrected chi connectivity index (χ1v) is 7.16. The quantitative estimate of drug-likeness (QED) is 0.839. The summed E-state index contributed by atoms with van der Waals surface area (Å²) in [6, 6.07) is 8.80. The van der Waals surface area contributed by atoms with E-state index in [1.165, 1.54) is 0 Å². The van der Waals surface area contributed by atoms with E-state index in [4.69, 9.17) is 0 Å². The Bertz CT molecular complexity index is 696. The molecule has 6 heteroatoms. The summed E-state index contributed by atoms with van der Waals surface area (Å²) < 4.78 is 24.4. The standard InChI is InChI=1S/C12H12N2O3S/c1-18(16,17)13-7-9-2-5-12-10(6-9)3-4-11(8-15)14-12/h2-6,8,13H,7H2,1H3. The Morgan fingerprint density at radius 2 is 2.06 bits per heavy atom. The van der Waals surface area contributed by atoms with Crippen molar-refractivity contribution in [3.05, 3.63) is 41.6 Å². The number of hydrogen-bond donors (Lipinski definition) is 1. The molecule has 0 saturated heterocycles. The third-order valence-electron chi connectivity index (χ3n) is 2.43. The predicted octanol–water partition coefficient (Wildman–Crippen LogP) is 1.10. The van der Waals surface area contributed by atoms with Crippen LogP contribution in [0.1, 0.15) is 16.1 Å². The zero-order chi connectivity index (χ0) is 13.2. The molecule has 0 amide bonds. The summed E-state index contributed by atoms with van der Waals surface area (Å²) in [5.41, 5.74) is 1.93. The number of nitrogens with zero attached hydrogens (tertiary/aromatic N) is 1. The van der Waals surface area contributed by atoms with Crippen LogP contribution >= 0.6 is 0 Å². The largest absolute Gasteiger partial charge is 0.296 e. The number of fused-ring (bicyclic) bond motifs is 1. The van der Waals surface area contributed by atoms with Gasteiger partial charge >= 0.3 is 0 Å². The first-order chi connectivity index (χ1) is 8.48. The van der Waals surface area contributed by atoms with E-state index in [0.29, 0.717) is 17.5 Å². The number of aldehydes is 1. The molecule has 1 aromatic carbocycles. The second-order valence-electron chi connectivity index (χ2n) is 3.97. The Hall–Kier alpha value is -1.79. The lowest BCUT2D eigenvalue weighted by atomic mass is 10.1. The Morgan fingerprint density at radius 1 is 1.28 bits per heavy atom. The van der Waals surface area contributed by atoms with Crippen molar-refractivity contribution < 1.29 is 13.2 Å². The van der Waals surface area contributed by atoms with Crippen molar-refractivity contribution in [2.45, 2.75) is 6.54 Å². The number of sulfonamides is 1. The number of hydrogen-bond acceptors (Lipinski definition) is 4. The molecule has 0 bridgehead atoms. The molecular weight excluding hydrogens is 252 g/mol. The smallest absolute Gasteiger partial charge is 0.209 e. The van der Waals surface area contributed by atoms with Crippen LogP contribution in [0.15, 0.2) is 30.3 Å². The minimum absolute atomic E-state index is 0.240. The summed E-state index contributed by atoms with van der Waals surface area (Å²) in [5.74, 6) is 0. The van der Waals surface area contributed by atoms with Crippen LogP contribution in [0.4, 0.5) is 0 Å². The van der Waals surface area contributed by atoms with Gasteiger partial charge in [-0.1, -0.05) is 12.1 Å². The highest BCUT2D eigenvalue weighted by atomic mass is 32.2. The molecule has 5 nitrogen and oxygen atoms in total. The van der Waals surface area contributed by atoms with E-state index in [2.05, 4.69) is 9.71 Å². The van der Waals surface area contributed by atoms with Crippen LogP contribution < -0.4 is 4.72 Å². The van der Waals surface area contributed by atoms with Crippen molar-refractivity contribution in [1.29, 1.82) is 0 Å². The van der Waals surface area contributed by atoms with Gasteiger partial charge in [0, 0.05) is 11.9 Å². The lowest BCUT2D eigenvalue weighted by Gasteiger charge is -2.04. The number of benzene rings is 1. The number of pyridine rings is 1. The molecule has 0 radical (unpaired) electrons. The fourth-order valence-corrected chi connectivity index (χ4v) is 2.01. The summed E-state index contributed by atoms with van der Waals surface area (Å²) in [6.45, 7) is 0.240. The summed E-state index contributed by atoms with van der Waals surface area (Å²) in [4.78, 5) is 14.7. The molecule has 2 rings (SSSR count). The second kappa shape index (κ2) is 4.83. The third-order valence-corrected chi connectivity index (χ3v) is 3.10. The topological polar surface area (TPSA) is 76.1 Å². The molecule has 1 heterocycles. The van der Waals surface area contributed by atoms with Crippen LogP contribution in [0.25, 0.3) is 10.9 Å². The van der Waals surface area contributed by atoms with E-state index >= 15 is 0 Å². The highest BCUT2D eigenvalue weighted by Crippen LogP contribution is 2.14. The minimum atomic E-state index is -3.20. The highest BCUT2D eigenvalue weighted by molar-refractivity contribution is 7.88. The van der Waals surface area contributed by atoms with E-state index in [0.717, 1.165) is 17.2 Å². The lowest BCUT2D eigenvalue weighted by molar-refractivity contribution is 0.111. The van der Waals surface area contributed by atoms with Crippen LogP contribution in [-0.4, -0.2) is 25.9 Å². The average molecular weight is 264 g/mol. The monoisotopic (exact) mass is 264 g/mol. The molecule has 0 spiro atoms. The first-order valence-electron chi connectivity index (χ1n) is 5.27. The van der Waals surface area contributed by atoms with Gasteiger partial charge in [-0.2, -0.15) is 0 Å². The molecule has 1 N–H and O–H groups in total. The Labute approximate surface area is 105 Å². The molecule has 0 atom stereocenters. The number of carbonyl (C=O) groups excluding carboxylic acids is 1. The van der Waals surface area contributed by atoms with Gasteiger partial charge in [0.05, 0.1) is 11.8 Å². The summed E-state index contributed by atoms with van der Waals surface area (Å²) in [7, 11) is -3.20. The molecule has 18 heavy (non-hydrogen) atoms. The van der Waals surface area contributed by atoms with Crippen molar-refractivity contribution >= 4 is 27.2 Å². The maximum Gasteiger partial charge on any atom is 0.209 e. The Balaban J connectivity index is 2.30. The zero-order valence-electron chi connectivity index (χ0n) is 9.75. The summed E-state index contributed by atoms with van der Waals surface area (Å²) in [5, 5.41) is 0.869. The first kappa shape index (κ1) is 12.7. The number of nitrogens with one attached hydrogen (secondary N) is 1. The van der Waals surface area contributed by atoms with Gasteiger partial charge in [0.2, 0.25) is 10.0 Å². The van der Waals surface area contributed by atoms with Crippen molar-refractivity contribution in [2.24, 2.45) is 0 Å².